The Balaban J connectivity index is 2.28. The third-order valence-electron chi connectivity index (χ3n) is 2.73. The van der Waals surface area contributed by atoms with Gasteiger partial charge in [0.25, 0.3) is 10.0 Å². The maximum Gasteiger partial charge on any atom is 0.261 e. The average Bonchev–Trinajstić information content (AvgIpc) is 2.47. The summed E-state index contributed by atoms with van der Waals surface area (Å²) in [6.07, 6.45) is 0. The second-order valence-electron chi connectivity index (χ2n) is 4.19. The standard InChI is InChI=1S/C14H10BrClN2O2S/c15-8-10-1-5-13(6-2-10)21(19,20)18-12-4-3-11(9-17)14(16)7-12/h1-7,18H,8H2. The summed E-state index contributed by atoms with van der Waals surface area (Å²) in [4.78, 5) is 0.160. The maximum absolute atomic E-state index is 12.2. The highest BCUT2D eigenvalue weighted by Crippen LogP contribution is 2.23. The Morgan fingerprint density at radius 1 is 1.19 bits per heavy atom. The molecule has 0 spiro atoms. The zero-order valence-corrected chi connectivity index (χ0v) is 13.8. The molecule has 7 heteroatoms. The molecule has 4 nitrogen and oxygen atoms in total. The number of anilines is 1. The van der Waals surface area contributed by atoms with Crippen molar-refractivity contribution in [1.82, 2.24) is 0 Å². The van der Waals surface area contributed by atoms with E-state index in [1.54, 1.807) is 12.1 Å². The fraction of sp³-hybridized carbons (Fsp3) is 0.0714. The molecule has 0 radical (unpaired) electrons. The predicted octanol–water partition coefficient (Wildman–Crippen LogP) is 3.91. The summed E-state index contributed by atoms with van der Waals surface area (Å²) in [5, 5.41) is 9.65. The largest absolute Gasteiger partial charge is 0.280 e. The van der Waals surface area contributed by atoms with Gasteiger partial charge in [0.05, 0.1) is 21.2 Å². The summed E-state index contributed by atoms with van der Waals surface area (Å²) >= 11 is 9.18. The van der Waals surface area contributed by atoms with Crippen molar-refractivity contribution in [3.05, 3.63) is 58.6 Å². The first kappa shape index (κ1) is 15.8. The van der Waals surface area contributed by atoms with Crippen molar-refractivity contribution >= 4 is 43.2 Å². The fourth-order valence-corrected chi connectivity index (χ4v) is 3.29. The molecule has 0 amide bonds. The molecule has 0 atom stereocenters. The minimum Gasteiger partial charge on any atom is -0.280 e. The van der Waals surface area contributed by atoms with Crippen molar-refractivity contribution in [2.24, 2.45) is 0 Å². The van der Waals surface area contributed by atoms with E-state index in [0.717, 1.165) is 5.56 Å². The van der Waals surface area contributed by atoms with Crippen LogP contribution in [0.15, 0.2) is 47.4 Å². The number of nitriles is 1. The quantitative estimate of drug-likeness (QED) is 0.811. The van der Waals surface area contributed by atoms with Gasteiger partial charge in [-0.2, -0.15) is 5.26 Å². The van der Waals surface area contributed by atoms with Gasteiger partial charge >= 0.3 is 0 Å². The van der Waals surface area contributed by atoms with E-state index in [4.69, 9.17) is 16.9 Å². The number of rotatable bonds is 4. The Labute approximate surface area is 136 Å². The molecule has 2 aromatic carbocycles. The van der Waals surface area contributed by atoms with Crippen LogP contribution in [-0.4, -0.2) is 8.42 Å². The first-order valence-corrected chi connectivity index (χ1v) is 8.82. The average molecular weight is 386 g/mol. The van der Waals surface area contributed by atoms with Gasteiger partial charge in [0.1, 0.15) is 6.07 Å². The van der Waals surface area contributed by atoms with Gasteiger partial charge in [0, 0.05) is 5.33 Å². The van der Waals surface area contributed by atoms with E-state index < -0.39 is 10.0 Å². The van der Waals surface area contributed by atoms with Crippen LogP contribution in [0, 0.1) is 11.3 Å². The van der Waals surface area contributed by atoms with Crippen LogP contribution in [0.2, 0.25) is 5.02 Å². The van der Waals surface area contributed by atoms with Gasteiger partial charge in [-0.05, 0) is 35.9 Å². The van der Waals surface area contributed by atoms with Crippen molar-refractivity contribution in [3.8, 4) is 6.07 Å². The molecule has 0 unspecified atom stereocenters. The lowest BCUT2D eigenvalue weighted by Crippen LogP contribution is -2.12. The molecule has 0 aliphatic heterocycles. The molecule has 0 saturated heterocycles. The molecule has 21 heavy (non-hydrogen) atoms. The van der Waals surface area contributed by atoms with Crippen LogP contribution in [0.4, 0.5) is 5.69 Å². The molecule has 0 saturated carbocycles. The van der Waals surface area contributed by atoms with Crippen molar-refractivity contribution in [2.45, 2.75) is 10.2 Å². The zero-order chi connectivity index (χ0) is 15.5. The number of sulfonamides is 1. The number of nitrogens with zero attached hydrogens (tertiary/aromatic N) is 1. The fourth-order valence-electron chi connectivity index (χ4n) is 1.64. The monoisotopic (exact) mass is 384 g/mol. The topological polar surface area (TPSA) is 70.0 Å². The first-order chi connectivity index (χ1) is 9.96. The van der Waals surface area contributed by atoms with Crippen LogP contribution in [0.3, 0.4) is 0 Å². The number of benzene rings is 2. The molecule has 0 aromatic heterocycles. The molecule has 0 aliphatic rings. The summed E-state index contributed by atoms with van der Waals surface area (Å²) in [6.45, 7) is 0. The van der Waals surface area contributed by atoms with Crippen LogP contribution in [-0.2, 0) is 15.4 Å². The Bertz CT molecular complexity index is 799. The number of halogens is 2. The van der Waals surface area contributed by atoms with Crippen molar-refractivity contribution in [3.63, 3.8) is 0 Å². The molecular formula is C14H10BrClN2O2S. The summed E-state index contributed by atoms with van der Waals surface area (Å²) in [7, 11) is -3.68. The number of nitrogens with one attached hydrogen (secondary N) is 1. The molecule has 1 N–H and O–H groups in total. The van der Waals surface area contributed by atoms with Gasteiger partial charge in [0.15, 0.2) is 0 Å². The minimum absolute atomic E-state index is 0.160. The normalized spacial score (nSPS) is 10.9. The zero-order valence-electron chi connectivity index (χ0n) is 10.7. The summed E-state index contributed by atoms with van der Waals surface area (Å²) < 4.78 is 26.9. The Kier molecular flexibility index (Phi) is 4.88. The van der Waals surface area contributed by atoms with E-state index in [9.17, 15) is 8.42 Å². The van der Waals surface area contributed by atoms with E-state index in [0.29, 0.717) is 16.6 Å². The van der Waals surface area contributed by atoms with E-state index in [1.165, 1.54) is 30.3 Å². The van der Waals surface area contributed by atoms with E-state index >= 15 is 0 Å². The summed E-state index contributed by atoms with van der Waals surface area (Å²) in [6, 6.07) is 12.8. The van der Waals surface area contributed by atoms with E-state index in [2.05, 4.69) is 20.7 Å². The molecule has 0 aliphatic carbocycles. The molecule has 2 rings (SSSR count). The Hall–Kier alpha value is -1.55. The molecule has 2 aromatic rings. The SMILES string of the molecule is N#Cc1ccc(NS(=O)(=O)c2ccc(CBr)cc2)cc1Cl. The highest BCUT2D eigenvalue weighted by atomic mass is 79.9. The number of hydrogen-bond acceptors (Lipinski definition) is 3. The van der Waals surface area contributed by atoms with Crippen LogP contribution in [0.25, 0.3) is 0 Å². The van der Waals surface area contributed by atoms with Gasteiger partial charge in [-0.15, -0.1) is 0 Å². The second-order valence-corrected chi connectivity index (χ2v) is 6.84. The maximum atomic E-state index is 12.2. The highest BCUT2D eigenvalue weighted by molar-refractivity contribution is 9.08. The smallest absolute Gasteiger partial charge is 0.261 e. The van der Waals surface area contributed by atoms with Crippen molar-refractivity contribution in [1.29, 1.82) is 5.26 Å². The third kappa shape index (κ3) is 3.76. The van der Waals surface area contributed by atoms with Gasteiger partial charge < -0.3 is 0 Å². The molecular weight excluding hydrogens is 376 g/mol. The lowest BCUT2D eigenvalue weighted by molar-refractivity contribution is 0.601. The Morgan fingerprint density at radius 2 is 1.86 bits per heavy atom. The molecule has 0 fully saturated rings. The van der Waals surface area contributed by atoms with Crippen LogP contribution >= 0.6 is 27.5 Å². The van der Waals surface area contributed by atoms with Crippen molar-refractivity contribution < 1.29 is 8.42 Å². The predicted molar refractivity (Wildman–Crippen MR) is 86.0 cm³/mol. The lowest BCUT2D eigenvalue weighted by atomic mass is 10.2. The van der Waals surface area contributed by atoms with Gasteiger partial charge in [-0.25, -0.2) is 8.42 Å². The second kappa shape index (κ2) is 6.48. The van der Waals surface area contributed by atoms with Crippen molar-refractivity contribution in [2.75, 3.05) is 4.72 Å². The number of alkyl halides is 1. The van der Waals surface area contributed by atoms with Gasteiger partial charge in [0.2, 0.25) is 0 Å². The highest BCUT2D eigenvalue weighted by Gasteiger charge is 2.14. The third-order valence-corrected chi connectivity index (χ3v) is 5.09. The summed E-state index contributed by atoms with van der Waals surface area (Å²) in [5.41, 5.74) is 1.58. The van der Waals surface area contributed by atoms with Gasteiger partial charge in [-0.1, -0.05) is 39.7 Å². The van der Waals surface area contributed by atoms with Crippen LogP contribution in [0.5, 0.6) is 0 Å². The van der Waals surface area contributed by atoms with Gasteiger partial charge in [-0.3, -0.25) is 4.72 Å². The van der Waals surface area contributed by atoms with E-state index in [1.807, 2.05) is 6.07 Å². The Morgan fingerprint density at radius 3 is 2.38 bits per heavy atom. The van der Waals surface area contributed by atoms with Crippen LogP contribution < -0.4 is 4.72 Å². The minimum atomic E-state index is -3.68. The summed E-state index contributed by atoms with van der Waals surface area (Å²) in [5.74, 6) is 0. The molecule has 0 bridgehead atoms. The number of hydrogen-bond donors (Lipinski definition) is 1. The van der Waals surface area contributed by atoms with Crippen LogP contribution in [0.1, 0.15) is 11.1 Å². The van der Waals surface area contributed by atoms with E-state index in [-0.39, 0.29) is 9.92 Å². The molecule has 108 valence electrons. The lowest BCUT2D eigenvalue weighted by Gasteiger charge is -2.09. The molecule has 0 heterocycles. The first-order valence-electron chi connectivity index (χ1n) is 5.83.